The number of hydrogen-bond acceptors (Lipinski definition) is 2. The molecule has 0 aliphatic heterocycles. The third-order valence-electron chi connectivity index (χ3n) is 2.36. The molecule has 0 aliphatic rings. The fourth-order valence-electron chi connectivity index (χ4n) is 1.31. The van der Waals surface area contributed by atoms with Crippen molar-refractivity contribution in [2.24, 2.45) is 5.73 Å². The molecule has 68 valence electrons. The van der Waals surface area contributed by atoms with Gasteiger partial charge in [0.1, 0.15) is 0 Å². The molecule has 1 atom stereocenters. The highest BCUT2D eigenvalue weighted by Crippen LogP contribution is 2.08. The molecule has 0 aliphatic carbocycles. The van der Waals surface area contributed by atoms with Gasteiger partial charge in [0.05, 0.1) is 0 Å². The van der Waals surface area contributed by atoms with E-state index in [0.717, 1.165) is 13.0 Å². The van der Waals surface area contributed by atoms with Crippen molar-refractivity contribution in [2.45, 2.75) is 45.7 Å². The van der Waals surface area contributed by atoms with Crippen molar-refractivity contribution in [1.82, 2.24) is 4.90 Å². The van der Waals surface area contributed by atoms with Gasteiger partial charge in [-0.1, -0.05) is 6.92 Å². The van der Waals surface area contributed by atoms with E-state index in [4.69, 9.17) is 5.73 Å². The van der Waals surface area contributed by atoms with E-state index in [2.05, 4.69) is 32.7 Å². The van der Waals surface area contributed by atoms with Gasteiger partial charge in [0.2, 0.25) is 0 Å². The minimum atomic E-state index is 0.631. The van der Waals surface area contributed by atoms with Gasteiger partial charge >= 0.3 is 0 Å². The Labute approximate surface area is 70.8 Å². The Morgan fingerprint density at radius 1 is 1.36 bits per heavy atom. The van der Waals surface area contributed by atoms with Crippen molar-refractivity contribution >= 4 is 0 Å². The van der Waals surface area contributed by atoms with Crippen LogP contribution in [0.5, 0.6) is 0 Å². The largest absolute Gasteiger partial charge is 0.330 e. The summed E-state index contributed by atoms with van der Waals surface area (Å²) in [6.07, 6.45) is 2.32. The summed E-state index contributed by atoms with van der Waals surface area (Å²) in [5.74, 6) is 0. The Morgan fingerprint density at radius 2 is 1.91 bits per heavy atom. The molecule has 0 amide bonds. The average molecular weight is 158 g/mol. The first kappa shape index (κ1) is 10.9. The maximum absolute atomic E-state index is 5.52. The predicted octanol–water partition coefficient (Wildman–Crippen LogP) is 1.45. The molecule has 1 unspecified atom stereocenters. The summed E-state index contributed by atoms with van der Waals surface area (Å²) in [7, 11) is 2.18. The zero-order valence-electron chi connectivity index (χ0n) is 8.30. The molecule has 0 aromatic carbocycles. The molecule has 11 heavy (non-hydrogen) atoms. The molecular weight excluding hydrogens is 136 g/mol. The van der Waals surface area contributed by atoms with E-state index in [0.29, 0.717) is 12.1 Å². The van der Waals surface area contributed by atoms with Crippen LogP contribution in [0.25, 0.3) is 0 Å². The maximum atomic E-state index is 5.52. The van der Waals surface area contributed by atoms with Gasteiger partial charge in [-0.15, -0.1) is 0 Å². The standard InChI is InChI=1S/C9H22N2/c1-5-9(6-7-10)11(4)8(2)3/h8-9H,5-7,10H2,1-4H3. The molecule has 2 N–H and O–H groups in total. The Bertz CT molecular complexity index is 91.6. The van der Waals surface area contributed by atoms with Gasteiger partial charge in [-0.3, -0.25) is 0 Å². The minimum Gasteiger partial charge on any atom is -0.330 e. The van der Waals surface area contributed by atoms with Crippen molar-refractivity contribution in [3.63, 3.8) is 0 Å². The van der Waals surface area contributed by atoms with Crippen LogP contribution in [0.4, 0.5) is 0 Å². The summed E-state index contributed by atoms with van der Waals surface area (Å²) in [5.41, 5.74) is 5.52. The van der Waals surface area contributed by atoms with Gasteiger partial charge in [0.15, 0.2) is 0 Å². The highest BCUT2D eigenvalue weighted by atomic mass is 15.1. The summed E-state index contributed by atoms with van der Waals surface area (Å²) in [6.45, 7) is 7.47. The molecule has 0 fully saturated rings. The van der Waals surface area contributed by atoms with Crippen molar-refractivity contribution in [3.05, 3.63) is 0 Å². The Balaban J connectivity index is 3.81. The second-order valence-corrected chi connectivity index (χ2v) is 3.40. The van der Waals surface area contributed by atoms with Crippen molar-refractivity contribution in [2.75, 3.05) is 13.6 Å². The van der Waals surface area contributed by atoms with E-state index in [1.54, 1.807) is 0 Å². The number of rotatable bonds is 5. The number of hydrogen-bond donors (Lipinski definition) is 1. The van der Waals surface area contributed by atoms with Gasteiger partial charge in [0.25, 0.3) is 0 Å². The molecule has 0 spiro atoms. The Morgan fingerprint density at radius 3 is 2.18 bits per heavy atom. The van der Waals surface area contributed by atoms with Crippen LogP contribution < -0.4 is 5.73 Å². The highest BCUT2D eigenvalue weighted by molar-refractivity contribution is 4.70. The maximum Gasteiger partial charge on any atom is 0.0104 e. The van der Waals surface area contributed by atoms with Gasteiger partial charge in [-0.2, -0.15) is 0 Å². The first-order valence-corrected chi connectivity index (χ1v) is 4.55. The second kappa shape index (κ2) is 5.56. The molecule has 0 bridgehead atoms. The van der Waals surface area contributed by atoms with Crippen LogP contribution in [0.1, 0.15) is 33.6 Å². The van der Waals surface area contributed by atoms with E-state index in [9.17, 15) is 0 Å². The third-order valence-corrected chi connectivity index (χ3v) is 2.36. The first-order valence-electron chi connectivity index (χ1n) is 4.55. The van der Waals surface area contributed by atoms with E-state index in [-0.39, 0.29) is 0 Å². The molecule has 0 aromatic heterocycles. The lowest BCUT2D eigenvalue weighted by Crippen LogP contribution is -2.37. The molecule has 2 nitrogen and oxygen atoms in total. The smallest absolute Gasteiger partial charge is 0.0104 e. The molecular formula is C9H22N2. The molecule has 0 saturated heterocycles. The van der Waals surface area contributed by atoms with Gasteiger partial charge in [-0.25, -0.2) is 0 Å². The summed E-state index contributed by atoms with van der Waals surface area (Å²) >= 11 is 0. The van der Waals surface area contributed by atoms with Crippen LogP contribution in [0.3, 0.4) is 0 Å². The van der Waals surface area contributed by atoms with E-state index >= 15 is 0 Å². The third kappa shape index (κ3) is 3.73. The molecule has 0 heterocycles. The zero-order valence-corrected chi connectivity index (χ0v) is 8.30. The van der Waals surface area contributed by atoms with E-state index in [1.807, 2.05) is 0 Å². The monoisotopic (exact) mass is 158 g/mol. The quantitative estimate of drug-likeness (QED) is 0.656. The molecule has 2 heteroatoms. The molecule has 0 saturated carbocycles. The van der Waals surface area contributed by atoms with Crippen molar-refractivity contribution in [3.8, 4) is 0 Å². The molecule has 0 rings (SSSR count). The van der Waals surface area contributed by atoms with Crippen LogP contribution >= 0.6 is 0 Å². The van der Waals surface area contributed by atoms with E-state index in [1.165, 1.54) is 6.42 Å². The summed E-state index contributed by atoms with van der Waals surface area (Å²) in [6, 6.07) is 1.30. The molecule has 0 aromatic rings. The van der Waals surface area contributed by atoms with Crippen LogP contribution in [-0.2, 0) is 0 Å². The minimum absolute atomic E-state index is 0.631. The number of nitrogens with zero attached hydrogens (tertiary/aromatic N) is 1. The Hall–Kier alpha value is -0.0800. The van der Waals surface area contributed by atoms with Crippen LogP contribution in [0.2, 0.25) is 0 Å². The van der Waals surface area contributed by atoms with Crippen LogP contribution in [0.15, 0.2) is 0 Å². The lowest BCUT2D eigenvalue weighted by molar-refractivity contribution is 0.183. The van der Waals surface area contributed by atoms with Gasteiger partial charge in [0, 0.05) is 12.1 Å². The predicted molar refractivity (Wildman–Crippen MR) is 50.6 cm³/mol. The highest BCUT2D eigenvalue weighted by Gasteiger charge is 2.13. The zero-order chi connectivity index (χ0) is 8.85. The normalized spacial score (nSPS) is 14.5. The topological polar surface area (TPSA) is 29.3 Å². The lowest BCUT2D eigenvalue weighted by Gasteiger charge is -2.30. The van der Waals surface area contributed by atoms with Crippen LogP contribution in [-0.4, -0.2) is 30.6 Å². The lowest BCUT2D eigenvalue weighted by atomic mass is 10.1. The van der Waals surface area contributed by atoms with Gasteiger partial charge in [-0.05, 0) is 40.3 Å². The fourth-order valence-corrected chi connectivity index (χ4v) is 1.31. The van der Waals surface area contributed by atoms with Crippen molar-refractivity contribution < 1.29 is 0 Å². The van der Waals surface area contributed by atoms with E-state index < -0.39 is 0 Å². The fraction of sp³-hybridized carbons (Fsp3) is 1.00. The molecule has 0 radical (unpaired) electrons. The van der Waals surface area contributed by atoms with Gasteiger partial charge < -0.3 is 10.6 Å². The van der Waals surface area contributed by atoms with Crippen molar-refractivity contribution in [1.29, 1.82) is 0 Å². The van der Waals surface area contributed by atoms with Crippen LogP contribution in [0, 0.1) is 0 Å². The summed E-state index contributed by atoms with van der Waals surface area (Å²) in [4.78, 5) is 2.40. The number of nitrogens with two attached hydrogens (primary N) is 1. The second-order valence-electron chi connectivity index (χ2n) is 3.40. The first-order chi connectivity index (χ1) is 5.13. The average Bonchev–Trinajstić information content (AvgIpc) is 1.98. The Kier molecular flexibility index (Phi) is 5.51. The summed E-state index contributed by atoms with van der Waals surface area (Å²) in [5, 5.41) is 0. The summed E-state index contributed by atoms with van der Waals surface area (Å²) < 4.78 is 0. The SMILES string of the molecule is CCC(CCN)N(C)C(C)C.